The summed E-state index contributed by atoms with van der Waals surface area (Å²) in [6.45, 7) is 5.50. The van der Waals surface area contributed by atoms with E-state index in [0.717, 1.165) is 43.7 Å². The second kappa shape index (κ2) is 15.3. The third-order valence-electron chi connectivity index (χ3n) is 6.91. The molecule has 0 aliphatic carbocycles. The molecule has 1 N–H and O–H groups in total. The van der Waals surface area contributed by atoms with Crippen LogP contribution < -0.4 is 10.1 Å². The van der Waals surface area contributed by atoms with Gasteiger partial charge in [-0.05, 0) is 93.8 Å². The third kappa shape index (κ3) is 9.13. The Balaban J connectivity index is 0.00000280. The highest BCUT2D eigenvalue weighted by molar-refractivity contribution is 5.91. The van der Waals surface area contributed by atoms with Crippen LogP contribution in [-0.2, 0) is 11.3 Å². The van der Waals surface area contributed by atoms with Crippen LogP contribution in [0.15, 0.2) is 54.6 Å². The van der Waals surface area contributed by atoms with Crippen LogP contribution in [0.25, 0.3) is 0 Å². The first-order valence-electron chi connectivity index (χ1n) is 12.9. The van der Waals surface area contributed by atoms with Gasteiger partial charge in [0.15, 0.2) is 23.2 Å². The highest BCUT2D eigenvalue weighted by Crippen LogP contribution is 2.33. The molecular weight excluding hydrogens is 562 g/mol. The number of anilines is 1. The smallest absolute Gasteiger partial charge is 0.225 e. The molecule has 1 heterocycles. The second-order valence-electron chi connectivity index (χ2n) is 10.2. The van der Waals surface area contributed by atoms with E-state index < -0.39 is 17.5 Å². The lowest BCUT2D eigenvalue weighted by molar-refractivity contribution is -0.116. The van der Waals surface area contributed by atoms with Crippen molar-refractivity contribution in [1.82, 2.24) is 9.80 Å². The van der Waals surface area contributed by atoms with Crippen molar-refractivity contribution >= 4 is 36.4 Å². The average molecular weight is 599 g/mol. The Labute approximate surface area is 246 Å². The van der Waals surface area contributed by atoms with Crippen LogP contribution >= 0.6 is 24.8 Å². The molecule has 10 heteroatoms. The summed E-state index contributed by atoms with van der Waals surface area (Å²) < 4.78 is 45.8. The van der Waals surface area contributed by atoms with Crippen LogP contribution in [0.3, 0.4) is 0 Å². The van der Waals surface area contributed by atoms with Crippen molar-refractivity contribution in [3.8, 4) is 11.5 Å². The molecular formula is C30H36Cl2F3N3O2. The predicted octanol–water partition coefficient (Wildman–Crippen LogP) is 7.32. The molecule has 218 valence electrons. The largest absolute Gasteiger partial charge is 0.454 e. The van der Waals surface area contributed by atoms with Gasteiger partial charge in [0.05, 0.1) is 0 Å². The van der Waals surface area contributed by atoms with Crippen molar-refractivity contribution in [2.45, 2.75) is 38.6 Å². The fourth-order valence-electron chi connectivity index (χ4n) is 4.74. The van der Waals surface area contributed by atoms with E-state index in [-0.39, 0.29) is 36.5 Å². The number of piperidine rings is 1. The van der Waals surface area contributed by atoms with Gasteiger partial charge >= 0.3 is 0 Å². The van der Waals surface area contributed by atoms with Crippen LogP contribution in [0.2, 0.25) is 0 Å². The fourth-order valence-corrected chi connectivity index (χ4v) is 4.74. The first-order chi connectivity index (χ1) is 18.2. The Morgan fingerprint density at radius 1 is 0.950 bits per heavy atom. The van der Waals surface area contributed by atoms with Crippen molar-refractivity contribution in [2.24, 2.45) is 0 Å². The number of aryl methyl sites for hydroxylation is 1. The topological polar surface area (TPSA) is 44.8 Å². The van der Waals surface area contributed by atoms with Gasteiger partial charge in [-0.15, -0.1) is 24.8 Å². The monoisotopic (exact) mass is 597 g/mol. The number of benzene rings is 3. The molecule has 4 rings (SSSR count). The standard InChI is InChI=1S/C30H34F3N3O2.2ClH/c1-20-4-7-23(34-30(37)12-13-35(2)3)16-25(20)22-10-14-36(15-11-22)19-21-5-8-24(9-6-21)38-29-18-27(32)26(31)17-28(29)33;;/h4-9,16-18,22H,10-15,19H2,1-3H3,(H,34,37);2*1H. The lowest BCUT2D eigenvalue weighted by Crippen LogP contribution is -2.32. The molecule has 1 fully saturated rings. The summed E-state index contributed by atoms with van der Waals surface area (Å²) in [7, 11) is 3.91. The molecule has 0 atom stereocenters. The summed E-state index contributed by atoms with van der Waals surface area (Å²) in [5.74, 6) is -2.91. The van der Waals surface area contributed by atoms with Gasteiger partial charge in [0.1, 0.15) is 5.75 Å². The van der Waals surface area contributed by atoms with Gasteiger partial charge in [-0.3, -0.25) is 9.69 Å². The molecule has 1 saturated heterocycles. The zero-order chi connectivity index (χ0) is 27.2. The average Bonchev–Trinajstić information content (AvgIpc) is 2.89. The molecule has 0 spiro atoms. The van der Waals surface area contributed by atoms with E-state index in [0.29, 0.717) is 36.8 Å². The number of ether oxygens (including phenoxy) is 1. The number of rotatable bonds is 9. The number of hydrogen-bond donors (Lipinski definition) is 1. The zero-order valence-corrected chi connectivity index (χ0v) is 24.5. The summed E-state index contributed by atoms with van der Waals surface area (Å²) in [6.07, 6.45) is 2.51. The summed E-state index contributed by atoms with van der Waals surface area (Å²) in [6, 6.07) is 14.5. The fraction of sp³-hybridized carbons (Fsp3) is 0.367. The Kier molecular flexibility index (Phi) is 12.8. The van der Waals surface area contributed by atoms with E-state index in [2.05, 4.69) is 29.3 Å². The van der Waals surface area contributed by atoms with Crippen molar-refractivity contribution < 1.29 is 22.7 Å². The van der Waals surface area contributed by atoms with E-state index in [1.54, 1.807) is 12.1 Å². The number of likely N-dealkylation sites (tertiary alicyclic amines) is 1. The Morgan fingerprint density at radius 3 is 2.25 bits per heavy atom. The number of hydrogen-bond acceptors (Lipinski definition) is 4. The molecule has 1 aliphatic heterocycles. The summed E-state index contributed by atoms with van der Waals surface area (Å²) in [5, 5.41) is 3.03. The van der Waals surface area contributed by atoms with Crippen LogP contribution in [0.4, 0.5) is 18.9 Å². The van der Waals surface area contributed by atoms with Gasteiger partial charge in [0.2, 0.25) is 5.91 Å². The molecule has 0 radical (unpaired) electrons. The second-order valence-corrected chi connectivity index (χ2v) is 10.2. The SMILES string of the molecule is Cc1ccc(NC(=O)CCN(C)C)cc1C1CCN(Cc2ccc(Oc3cc(F)c(F)cc3F)cc2)CC1.Cl.Cl. The van der Waals surface area contributed by atoms with Crippen LogP contribution in [0, 0.1) is 24.4 Å². The quantitative estimate of drug-likeness (QED) is 0.262. The van der Waals surface area contributed by atoms with Crippen molar-refractivity contribution in [3.05, 3.63) is 88.7 Å². The zero-order valence-electron chi connectivity index (χ0n) is 22.9. The van der Waals surface area contributed by atoms with E-state index in [4.69, 9.17) is 4.74 Å². The maximum atomic E-state index is 13.9. The van der Waals surface area contributed by atoms with Crippen LogP contribution in [-0.4, -0.2) is 49.4 Å². The summed E-state index contributed by atoms with van der Waals surface area (Å²) >= 11 is 0. The highest BCUT2D eigenvalue weighted by Gasteiger charge is 2.22. The third-order valence-corrected chi connectivity index (χ3v) is 6.91. The van der Waals surface area contributed by atoms with Gasteiger partial charge in [-0.25, -0.2) is 13.2 Å². The first kappa shape index (κ1) is 33.4. The number of nitrogens with one attached hydrogen (secondary N) is 1. The van der Waals surface area contributed by atoms with E-state index in [1.165, 1.54) is 11.1 Å². The maximum Gasteiger partial charge on any atom is 0.225 e. The molecule has 0 bridgehead atoms. The predicted molar refractivity (Wildman–Crippen MR) is 158 cm³/mol. The number of nitrogens with zero attached hydrogens (tertiary/aromatic N) is 2. The van der Waals surface area contributed by atoms with Crippen molar-refractivity contribution in [1.29, 1.82) is 0 Å². The van der Waals surface area contributed by atoms with E-state index >= 15 is 0 Å². The van der Waals surface area contributed by atoms with Gasteiger partial charge in [0.25, 0.3) is 0 Å². The molecule has 0 saturated carbocycles. The van der Waals surface area contributed by atoms with E-state index in [9.17, 15) is 18.0 Å². The minimum atomic E-state index is -1.25. The molecule has 1 aliphatic rings. The molecule has 40 heavy (non-hydrogen) atoms. The number of halogens is 5. The lowest BCUT2D eigenvalue weighted by atomic mass is 9.86. The van der Waals surface area contributed by atoms with Crippen molar-refractivity contribution in [3.63, 3.8) is 0 Å². The molecule has 5 nitrogen and oxygen atoms in total. The molecule has 3 aromatic carbocycles. The minimum absolute atomic E-state index is 0. The molecule has 1 amide bonds. The van der Waals surface area contributed by atoms with Crippen LogP contribution in [0.5, 0.6) is 11.5 Å². The van der Waals surface area contributed by atoms with Crippen LogP contribution in [0.1, 0.15) is 41.9 Å². The van der Waals surface area contributed by atoms with Gasteiger partial charge < -0.3 is 15.0 Å². The lowest BCUT2D eigenvalue weighted by Gasteiger charge is -2.33. The first-order valence-corrected chi connectivity index (χ1v) is 12.9. The normalized spacial score (nSPS) is 13.9. The Hall–Kier alpha value is -2.78. The van der Waals surface area contributed by atoms with E-state index in [1.807, 2.05) is 37.2 Å². The Bertz CT molecular complexity index is 1270. The maximum absolute atomic E-state index is 13.9. The number of carbonyl (C=O) groups excluding carboxylic acids is 1. The molecule has 3 aromatic rings. The Morgan fingerprint density at radius 2 is 1.60 bits per heavy atom. The number of carbonyl (C=O) groups is 1. The highest BCUT2D eigenvalue weighted by atomic mass is 35.5. The summed E-state index contributed by atoms with van der Waals surface area (Å²) in [4.78, 5) is 16.6. The van der Waals surface area contributed by atoms with Gasteiger partial charge in [0, 0.05) is 37.3 Å². The van der Waals surface area contributed by atoms with Crippen molar-refractivity contribution in [2.75, 3.05) is 39.0 Å². The molecule has 0 aromatic heterocycles. The van der Waals surface area contributed by atoms with Gasteiger partial charge in [-0.2, -0.15) is 0 Å². The molecule has 0 unspecified atom stereocenters. The van der Waals surface area contributed by atoms with Gasteiger partial charge in [-0.1, -0.05) is 18.2 Å². The minimum Gasteiger partial charge on any atom is -0.454 e. The number of amides is 1. The summed E-state index contributed by atoms with van der Waals surface area (Å²) in [5.41, 5.74) is 4.46.